The molecule has 3 atom stereocenters. The summed E-state index contributed by atoms with van der Waals surface area (Å²) in [5.74, 6) is 0.0384. The molecule has 3 rings (SSSR count). The second-order valence-corrected chi connectivity index (χ2v) is 8.99. The summed E-state index contributed by atoms with van der Waals surface area (Å²) in [5.41, 5.74) is 2.00. The highest BCUT2D eigenvalue weighted by atomic mass is 16.5. The fourth-order valence-electron chi connectivity index (χ4n) is 4.67. The van der Waals surface area contributed by atoms with Gasteiger partial charge in [-0.15, -0.1) is 0 Å². The summed E-state index contributed by atoms with van der Waals surface area (Å²) < 4.78 is 5.80. The third kappa shape index (κ3) is 7.09. The molecule has 0 radical (unpaired) electrons. The third-order valence-corrected chi connectivity index (χ3v) is 6.22. The molecule has 3 unspecified atom stereocenters. The number of ether oxygens (including phenoxy) is 1. The van der Waals surface area contributed by atoms with E-state index in [1.54, 1.807) is 0 Å². The first-order chi connectivity index (χ1) is 14.0. The summed E-state index contributed by atoms with van der Waals surface area (Å²) in [6, 6.07) is 8.79. The number of nitrogens with zero attached hydrogens (tertiary/aromatic N) is 2. The number of amides is 1. The molecule has 162 valence electrons. The first-order valence-corrected chi connectivity index (χ1v) is 11.5. The zero-order valence-electron chi connectivity index (χ0n) is 18.5. The molecule has 29 heavy (non-hydrogen) atoms. The Morgan fingerprint density at radius 1 is 1.07 bits per heavy atom. The smallest absolute Gasteiger partial charge is 0.251 e. The lowest BCUT2D eigenvalue weighted by Crippen LogP contribution is -2.44. The normalized spacial score (nSPS) is 26.4. The lowest BCUT2D eigenvalue weighted by Gasteiger charge is -2.35. The van der Waals surface area contributed by atoms with Crippen molar-refractivity contribution in [1.82, 2.24) is 15.1 Å². The summed E-state index contributed by atoms with van der Waals surface area (Å²) in [6.07, 6.45) is 6.79. The van der Waals surface area contributed by atoms with E-state index in [1.165, 1.54) is 31.4 Å². The van der Waals surface area contributed by atoms with E-state index in [4.69, 9.17) is 4.74 Å². The number of benzene rings is 1. The number of unbranched alkanes of at least 4 members (excludes halogenated alkanes) is 1. The first kappa shape index (κ1) is 22.3. The molecule has 1 amide bonds. The summed E-state index contributed by atoms with van der Waals surface area (Å²) in [5, 5.41) is 3.08. The minimum Gasteiger partial charge on any atom is -0.373 e. The largest absolute Gasteiger partial charge is 0.373 e. The van der Waals surface area contributed by atoms with Crippen LogP contribution in [0.5, 0.6) is 0 Å². The van der Waals surface area contributed by atoms with Gasteiger partial charge in [0, 0.05) is 37.8 Å². The minimum absolute atomic E-state index is 0.0384. The number of rotatable bonds is 8. The molecule has 1 N–H and O–H groups in total. The number of hydrogen-bond donors (Lipinski definition) is 1. The van der Waals surface area contributed by atoms with Gasteiger partial charge in [-0.3, -0.25) is 9.69 Å². The quantitative estimate of drug-likeness (QED) is 0.675. The number of hydrogen-bond acceptors (Lipinski definition) is 4. The SMILES string of the molecule is CC1CN(Cc2ccc(C(=O)NCCCCN3CCCCC3C)cc2)CC(C)O1. The van der Waals surface area contributed by atoms with E-state index in [9.17, 15) is 4.79 Å². The monoisotopic (exact) mass is 401 g/mol. The average molecular weight is 402 g/mol. The predicted molar refractivity (Wildman–Crippen MR) is 118 cm³/mol. The molecule has 2 aliphatic rings. The van der Waals surface area contributed by atoms with E-state index < -0.39 is 0 Å². The Balaban J connectivity index is 1.35. The standard InChI is InChI=1S/C24H39N3O2/c1-19-8-4-6-14-27(19)15-7-5-13-25-24(28)23-11-9-22(10-12-23)18-26-16-20(2)29-21(3)17-26/h9-12,19-21H,4-8,13-18H2,1-3H3,(H,25,28). The molecule has 0 bridgehead atoms. The topological polar surface area (TPSA) is 44.8 Å². The van der Waals surface area contributed by atoms with Crippen molar-refractivity contribution in [2.24, 2.45) is 0 Å². The van der Waals surface area contributed by atoms with Gasteiger partial charge in [0.1, 0.15) is 0 Å². The molecule has 2 fully saturated rings. The Labute approximate surface area is 176 Å². The van der Waals surface area contributed by atoms with Crippen LogP contribution in [0.2, 0.25) is 0 Å². The highest BCUT2D eigenvalue weighted by Gasteiger charge is 2.22. The molecule has 2 saturated heterocycles. The van der Waals surface area contributed by atoms with Crippen LogP contribution in [-0.2, 0) is 11.3 Å². The number of carbonyl (C=O) groups excluding carboxylic acids is 1. The Kier molecular flexibility index (Phi) is 8.52. The minimum atomic E-state index is 0.0384. The van der Waals surface area contributed by atoms with Crippen LogP contribution in [0.1, 0.15) is 68.8 Å². The van der Waals surface area contributed by atoms with Crippen molar-refractivity contribution in [1.29, 1.82) is 0 Å². The van der Waals surface area contributed by atoms with Crippen LogP contribution in [0.3, 0.4) is 0 Å². The van der Waals surface area contributed by atoms with E-state index in [-0.39, 0.29) is 18.1 Å². The van der Waals surface area contributed by atoms with E-state index >= 15 is 0 Å². The van der Waals surface area contributed by atoms with Gasteiger partial charge in [0.25, 0.3) is 5.91 Å². The molecular weight excluding hydrogens is 362 g/mol. The molecule has 2 aliphatic heterocycles. The third-order valence-electron chi connectivity index (χ3n) is 6.22. The molecule has 0 saturated carbocycles. The molecule has 1 aromatic rings. The summed E-state index contributed by atoms with van der Waals surface area (Å²) in [6.45, 7) is 12.6. The summed E-state index contributed by atoms with van der Waals surface area (Å²) >= 11 is 0. The van der Waals surface area contributed by atoms with E-state index in [2.05, 4.69) is 48.0 Å². The van der Waals surface area contributed by atoms with Crippen molar-refractivity contribution in [3.63, 3.8) is 0 Å². The molecule has 2 heterocycles. The van der Waals surface area contributed by atoms with Crippen molar-refractivity contribution >= 4 is 5.91 Å². The highest BCUT2D eigenvalue weighted by Crippen LogP contribution is 2.17. The van der Waals surface area contributed by atoms with Gasteiger partial charge < -0.3 is 15.0 Å². The van der Waals surface area contributed by atoms with Gasteiger partial charge >= 0.3 is 0 Å². The van der Waals surface area contributed by atoms with Crippen LogP contribution in [0.15, 0.2) is 24.3 Å². The number of likely N-dealkylation sites (tertiary alicyclic amines) is 1. The van der Waals surface area contributed by atoms with Crippen LogP contribution >= 0.6 is 0 Å². The molecule has 0 aromatic heterocycles. The Morgan fingerprint density at radius 2 is 1.79 bits per heavy atom. The lowest BCUT2D eigenvalue weighted by molar-refractivity contribution is -0.0704. The van der Waals surface area contributed by atoms with E-state index in [0.29, 0.717) is 0 Å². The molecular formula is C24H39N3O2. The maximum Gasteiger partial charge on any atom is 0.251 e. The first-order valence-electron chi connectivity index (χ1n) is 11.5. The van der Waals surface area contributed by atoms with Crippen molar-refractivity contribution < 1.29 is 9.53 Å². The summed E-state index contributed by atoms with van der Waals surface area (Å²) in [7, 11) is 0. The molecule has 1 aromatic carbocycles. The highest BCUT2D eigenvalue weighted by molar-refractivity contribution is 5.94. The van der Waals surface area contributed by atoms with Crippen LogP contribution in [0.4, 0.5) is 0 Å². The van der Waals surface area contributed by atoms with Gasteiger partial charge in [-0.1, -0.05) is 18.6 Å². The second-order valence-electron chi connectivity index (χ2n) is 8.99. The molecule has 0 aliphatic carbocycles. The van der Waals surface area contributed by atoms with Crippen molar-refractivity contribution in [3.05, 3.63) is 35.4 Å². The van der Waals surface area contributed by atoms with Gasteiger partial charge in [-0.05, 0) is 77.2 Å². The Hall–Kier alpha value is -1.43. The van der Waals surface area contributed by atoms with E-state index in [0.717, 1.165) is 57.2 Å². The molecule has 5 nitrogen and oxygen atoms in total. The number of morpholine rings is 1. The Bertz CT molecular complexity index is 624. The van der Waals surface area contributed by atoms with E-state index in [1.807, 2.05) is 12.1 Å². The fraction of sp³-hybridized carbons (Fsp3) is 0.708. The number of carbonyl (C=O) groups is 1. The molecule has 0 spiro atoms. The average Bonchev–Trinajstić information content (AvgIpc) is 2.68. The zero-order valence-corrected chi connectivity index (χ0v) is 18.5. The second kappa shape index (κ2) is 11.1. The van der Waals surface area contributed by atoms with Gasteiger partial charge in [-0.25, -0.2) is 0 Å². The van der Waals surface area contributed by atoms with Crippen LogP contribution < -0.4 is 5.32 Å². The lowest BCUT2D eigenvalue weighted by atomic mass is 10.0. The van der Waals surface area contributed by atoms with Crippen molar-refractivity contribution in [2.75, 3.05) is 32.7 Å². The maximum atomic E-state index is 12.4. The van der Waals surface area contributed by atoms with Crippen LogP contribution in [-0.4, -0.2) is 66.7 Å². The predicted octanol–water partition coefficient (Wildman–Crippen LogP) is 3.68. The van der Waals surface area contributed by atoms with Gasteiger partial charge in [0.2, 0.25) is 0 Å². The fourth-order valence-corrected chi connectivity index (χ4v) is 4.67. The Morgan fingerprint density at radius 3 is 2.48 bits per heavy atom. The van der Waals surface area contributed by atoms with Crippen LogP contribution in [0, 0.1) is 0 Å². The van der Waals surface area contributed by atoms with Gasteiger partial charge in [-0.2, -0.15) is 0 Å². The van der Waals surface area contributed by atoms with Crippen molar-refractivity contribution in [3.8, 4) is 0 Å². The van der Waals surface area contributed by atoms with Gasteiger partial charge in [0.15, 0.2) is 0 Å². The van der Waals surface area contributed by atoms with Crippen molar-refractivity contribution in [2.45, 2.75) is 77.7 Å². The number of nitrogens with one attached hydrogen (secondary N) is 1. The summed E-state index contributed by atoms with van der Waals surface area (Å²) in [4.78, 5) is 17.4. The maximum absolute atomic E-state index is 12.4. The number of piperidine rings is 1. The van der Waals surface area contributed by atoms with Crippen LogP contribution in [0.25, 0.3) is 0 Å². The zero-order chi connectivity index (χ0) is 20.6. The molecule has 5 heteroatoms. The van der Waals surface area contributed by atoms with Gasteiger partial charge in [0.05, 0.1) is 12.2 Å².